The molecule has 2 aliphatic rings. The lowest BCUT2D eigenvalue weighted by Crippen LogP contribution is -2.52. The highest BCUT2D eigenvalue weighted by molar-refractivity contribution is 7.87. The Kier molecular flexibility index (Phi) is 5.40. The number of nitrogens with one attached hydrogen (secondary N) is 1. The smallest absolute Gasteiger partial charge is 0.322 e. The Morgan fingerprint density at radius 2 is 1.80 bits per heavy atom. The lowest BCUT2D eigenvalue weighted by atomic mass is 10.1. The summed E-state index contributed by atoms with van der Waals surface area (Å²) in [4.78, 5) is 11.2. The van der Waals surface area contributed by atoms with Gasteiger partial charge in [0.05, 0.1) is 0 Å². The maximum absolute atomic E-state index is 12.2. The minimum absolute atomic E-state index is 0.301. The highest BCUT2D eigenvalue weighted by Gasteiger charge is 2.36. The Hall–Kier alpha value is -0.660. The van der Waals surface area contributed by atoms with Crippen molar-refractivity contribution in [3.05, 3.63) is 0 Å². The van der Waals surface area contributed by atoms with E-state index in [-0.39, 0.29) is 0 Å². The molecule has 20 heavy (non-hydrogen) atoms. The normalized spacial score (nSPS) is 25.9. The topological polar surface area (TPSA) is 86.7 Å². The van der Waals surface area contributed by atoms with Gasteiger partial charge in [-0.25, -0.2) is 4.72 Å². The van der Waals surface area contributed by atoms with Gasteiger partial charge in [0.1, 0.15) is 6.04 Å². The van der Waals surface area contributed by atoms with Crippen molar-refractivity contribution in [2.24, 2.45) is 5.92 Å². The SMILES string of the molecule is O=C(O)C1CCCCN1S(=O)(=O)NCCC1CCCC1. The van der Waals surface area contributed by atoms with Crippen LogP contribution in [0.1, 0.15) is 51.4 Å². The second-order valence-corrected chi connectivity index (χ2v) is 7.51. The van der Waals surface area contributed by atoms with Crippen molar-refractivity contribution in [3.8, 4) is 0 Å². The molecule has 0 radical (unpaired) electrons. The number of hydrogen-bond acceptors (Lipinski definition) is 3. The monoisotopic (exact) mass is 304 g/mol. The number of carbonyl (C=O) groups is 1. The van der Waals surface area contributed by atoms with E-state index in [4.69, 9.17) is 5.11 Å². The fourth-order valence-corrected chi connectivity index (χ4v) is 4.66. The molecule has 0 spiro atoms. The molecular formula is C13H24N2O4S. The van der Waals surface area contributed by atoms with Crippen LogP contribution in [0, 0.1) is 5.92 Å². The van der Waals surface area contributed by atoms with Gasteiger partial charge in [0.15, 0.2) is 0 Å². The average Bonchev–Trinajstić information content (AvgIpc) is 2.91. The highest BCUT2D eigenvalue weighted by Crippen LogP contribution is 2.27. The Labute approximate surface area is 120 Å². The van der Waals surface area contributed by atoms with Crippen LogP contribution in [0.3, 0.4) is 0 Å². The third-order valence-electron chi connectivity index (χ3n) is 4.36. The van der Waals surface area contributed by atoms with Crippen molar-refractivity contribution in [3.63, 3.8) is 0 Å². The van der Waals surface area contributed by atoms with E-state index in [1.807, 2.05) is 0 Å². The number of aliphatic carboxylic acids is 1. The lowest BCUT2D eigenvalue weighted by molar-refractivity contribution is -0.142. The summed E-state index contributed by atoms with van der Waals surface area (Å²) in [5.41, 5.74) is 0. The van der Waals surface area contributed by atoms with Crippen LogP contribution in [0.5, 0.6) is 0 Å². The molecule has 0 amide bonds. The van der Waals surface area contributed by atoms with Crippen molar-refractivity contribution in [1.29, 1.82) is 0 Å². The van der Waals surface area contributed by atoms with Crippen LogP contribution in [-0.4, -0.2) is 42.9 Å². The summed E-state index contributed by atoms with van der Waals surface area (Å²) in [5.74, 6) is -0.430. The first-order chi connectivity index (χ1) is 9.50. The Morgan fingerprint density at radius 3 is 2.45 bits per heavy atom. The maximum Gasteiger partial charge on any atom is 0.322 e. The number of hydrogen-bond donors (Lipinski definition) is 2. The molecule has 1 saturated heterocycles. The highest BCUT2D eigenvalue weighted by atomic mass is 32.2. The number of piperidine rings is 1. The van der Waals surface area contributed by atoms with Gasteiger partial charge < -0.3 is 5.11 Å². The Morgan fingerprint density at radius 1 is 1.15 bits per heavy atom. The molecule has 1 atom stereocenters. The molecular weight excluding hydrogens is 280 g/mol. The van der Waals surface area contributed by atoms with Gasteiger partial charge in [-0.3, -0.25) is 4.79 Å². The van der Waals surface area contributed by atoms with E-state index >= 15 is 0 Å². The minimum atomic E-state index is -3.67. The van der Waals surface area contributed by atoms with Gasteiger partial charge in [-0.15, -0.1) is 0 Å². The molecule has 2 N–H and O–H groups in total. The summed E-state index contributed by atoms with van der Waals surface area (Å²) in [6.07, 6.45) is 7.60. The van der Waals surface area contributed by atoms with Crippen molar-refractivity contribution >= 4 is 16.2 Å². The molecule has 7 heteroatoms. The maximum atomic E-state index is 12.2. The number of nitrogens with zero attached hydrogens (tertiary/aromatic N) is 1. The summed E-state index contributed by atoms with van der Waals surface area (Å²) in [6, 6.07) is -0.910. The first-order valence-corrected chi connectivity index (χ1v) is 8.94. The summed E-state index contributed by atoms with van der Waals surface area (Å²) in [6.45, 7) is 0.714. The number of carboxylic acid groups (broad SMARTS) is 1. The van der Waals surface area contributed by atoms with E-state index in [0.29, 0.717) is 25.4 Å². The molecule has 2 fully saturated rings. The minimum Gasteiger partial charge on any atom is -0.480 e. The molecule has 2 rings (SSSR count). The van der Waals surface area contributed by atoms with Gasteiger partial charge in [-0.2, -0.15) is 12.7 Å². The van der Waals surface area contributed by atoms with Crippen LogP contribution in [0.25, 0.3) is 0 Å². The van der Waals surface area contributed by atoms with Crippen LogP contribution >= 0.6 is 0 Å². The van der Waals surface area contributed by atoms with Crippen molar-refractivity contribution in [2.75, 3.05) is 13.1 Å². The zero-order valence-electron chi connectivity index (χ0n) is 11.8. The largest absolute Gasteiger partial charge is 0.480 e. The summed E-state index contributed by atoms with van der Waals surface area (Å²) < 4.78 is 28.1. The van der Waals surface area contributed by atoms with Gasteiger partial charge in [0, 0.05) is 13.1 Å². The predicted molar refractivity (Wildman–Crippen MR) is 75.5 cm³/mol. The summed E-state index contributed by atoms with van der Waals surface area (Å²) in [5, 5.41) is 9.14. The van der Waals surface area contributed by atoms with Gasteiger partial charge >= 0.3 is 5.97 Å². The first kappa shape index (κ1) is 15.7. The Balaban J connectivity index is 1.88. The van der Waals surface area contributed by atoms with Gasteiger partial charge in [0.25, 0.3) is 10.2 Å². The predicted octanol–water partition coefficient (Wildman–Crippen LogP) is 1.34. The molecule has 1 saturated carbocycles. The molecule has 1 aliphatic carbocycles. The molecule has 6 nitrogen and oxygen atoms in total. The van der Waals surface area contributed by atoms with Crippen LogP contribution in [0.4, 0.5) is 0 Å². The second-order valence-electron chi connectivity index (χ2n) is 5.80. The molecule has 1 heterocycles. The van der Waals surface area contributed by atoms with E-state index in [9.17, 15) is 13.2 Å². The molecule has 0 aromatic carbocycles. The van der Waals surface area contributed by atoms with Crippen LogP contribution in [0.15, 0.2) is 0 Å². The van der Waals surface area contributed by atoms with E-state index < -0.39 is 22.2 Å². The van der Waals surface area contributed by atoms with Crippen molar-refractivity contribution in [2.45, 2.75) is 57.4 Å². The van der Waals surface area contributed by atoms with E-state index in [1.165, 1.54) is 25.7 Å². The number of rotatable bonds is 6. The lowest BCUT2D eigenvalue weighted by Gasteiger charge is -2.31. The van der Waals surface area contributed by atoms with Crippen molar-refractivity contribution < 1.29 is 18.3 Å². The van der Waals surface area contributed by atoms with Crippen LogP contribution in [0.2, 0.25) is 0 Å². The average molecular weight is 304 g/mol. The van der Waals surface area contributed by atoms with E-state index in [0.717, 1.165) is 23.6 Å². The zero-order valence-corrected chi connectivity index (χ0v) is 12.6. The molecule has 0 bridgehead atoms. The standard InChI is InChI=1S/C13H24N2O4S/c16-13(17)12-7-3-4-10-15(12)20(18,19)14-9-8-11-5-1-2-6-11/h11-12,14H,1-10H2,(H,16,17). The van der Waals surface area contributed by atoms with Gasteiger partial charge in [0.2, 0.25) is 0 Å². The third-order valence-corrected chi connectivity index (χ3v) is 5.98. The van der Waals surface area contributed by atoms with Crippen LogP contribution in [-0.2, 0) is 15.0 Å². The van der Waals surface area contributed by atoms with Gasteiger partial charge in [-0.1, -0.05) is 25.7 Å². The molecule has 1 aliphatic heterocycles. The van der Waals surface area contributed by atoms with E-state index in [1.54, 1.807) is 0 Å². The van der Waals surface area contributed by atoms with E-state index in [2.05, 4.69) is 4.72 Å². The van der Waals surface area contributed by atoms with Crippen LogP contribution < -0.4 is 4.72 Å². The number of carboxylic acids is 1. The van der Waals surface area contributed by atoms with Gasteiger partial charge in [-0.05, 0) is 31.6 Å². The molecule has 1 unspecified atom stereocenters. The molecule has 0 aromatic rings. The molecule has 0 aromatic heterocycles. The molecule has 116 valence electrons. The van der Waals surface area contributed by atoms with Crippen molar-refractivity contribution in [1.82, 2.24) is 9.03 Å². The fraction of sp³-hybridized carbons (Fsp3) is 0.923. The second kappa shape index (κ2) is 6.87. The summed E-state index contributed by atoms with van der Waals surface area (Å²) in [7, 11) is -3.67. The Bertz CT molecular complexity index is 432. The third kappa shape index (κ3) is 3.93. The quantitative estimate of drug-likeness (QED) is 0.775. The fourth-order valence-electron chi connectivity index (χ4n) is 3.21. The zero-order chi connectivity index (χ0) is 14.6. The summed E-state index contributed by atoms with van der Waals surface area (Å²) >= 11 is 0. The first-order valence-electron chi connectivity index (χ1n) is 7.50.